The molecule has 2 bridgehead atoms. The number of rotatable bonds is 2. The van der Waals surface area contributed by atoms with Crippen LogP contribution in [0.4, 0.5) is 0 Å². The summed E-state index contributed by atoms with van der Waals surface area (Å²) >= 11 is 0. The first-order valence-electron chi connectivity index (χ1n) is 8.48. The molecule has 1 saturated heterocycles. The van der Waals surface area contributed by atoms with Crippen LogP contribution in [0.1, 0.15) is 58.8 Å². The summed E-state index contributed by atoms with van der Waals surface area (Å²) in [5, 5.41) is 3.25. The van der Waals surface area contributed by atoms with E-state index in [9.17, 15) is 4.79 Å². The van der Waals surface area contributed by atoms with Gasteiger partial charge < -0.3 is 10.2 Å². The first kappa shape index (κ1) is 14.4. The minimum absolute atomic E-state index is 0.0391. The highest BCUT2D eigenvalue weighted by molar-refractivity contribution is 5.82. The number of carbonyl (C=O) groups is 1. The van der Waals surface area contributed by atoms with E-state index in [-0.39, 0.29) is 11.5 Å². The second kappa shape index (κ2) is 5.32. The average molecular weight is 278 g/mol. The third kappa shape index (κ3) is 2.61. The zero-order valence-electron chi connectivity index (χ0n) is 13.3. The summed E-state index contributed by atoms with van der Waals surface area (Å²) in [6.45, 7) is 5.61. The molecule has 3 fully saturated rings. The third-order valence-electron chi connectivity index (χ3n) is 5.98. The smallest absolute Gasteiger partial charge is 0.239 e. The van der Waals surface area contributed by atoms with Gasteiger partial charge in [-0.25, -0.2) is 0 Å². The molecule has 114 valence electrons. The van der Waals surface area contributed by atoms with Crippen LogP contribution in [-0.4, -0.2) is 36.5 Å². The summed E-state index contributed by atoms with van der Waals surface area (Å²) in [4.78, 5) is 15.2. The summed E-state index contributed by atoms with van der Waals surface area (Å²) < 4.78 is 0. The second-order valence-electron chi connectivity index (χ2n) is 8.11. The normalized spacial score (nSPS) is 40.8. The summed E-state index contributed by atoms with van der Waals surface area (Å²) in [6, 6.07) is 0.570. The van der Waals surface area contributed by atoms with Crippen molar-refractivity contribution in [2.45, 2.75) is 70.9 Å². The molecule has 4 atom stereocenters. The molecule has 1 aliphatic heterocycles. The maximum atomic E-state index is 12.9. The Morgan fingerprint density at radius 3 is 2.70 bits per heavy atom. The van der Waals surface area contributed by atoms with E-state index in [0.29, 0.717) is 11.9 Å². The van der Waals surface area contributed by atoms with Crippen LogP contribution in [-0.2, 0) is 4.79 Å². The number of likely N-dealkylation sites (tertiary alicyclic amines) is 1. The van der Waals surface area contributed by atoms with Crippen LogP contribution in [0.5, 0.6) is 0 Å². The zero-order chi connectivity index (χ0) is 14.3. The van der Waals surface area contributed by atoms with Crippen molar-refractivity contribution in [1.29, 1.82) is 0 Å². The Balaban J connectivity index is 1.83. The van der Waals surface area contributed by atoms with Crippen LogP contribution in [0.3, 0.4) is 0 Å². The summed E-state index contributed by atoms with van der Waals surface area (Å²) in [5.74, 6) is 2.05. The first-order chi connectivity index (χ1) is 9.50. The lowest BCUT2D eigenvalue weighted by atomic mass is 9.86. The van der Waals surface area contributed by atoms with Crippen molar-refractivity contribution in [2.24, 2.45) is 17.3 Å². The quantitative estimate of drug-likeness (QED) is 0.842. The van der Waals surface area contributed by atoms with Crippen LogP contribution in [0.25, 0.3) is 0 Å². The van der Waals surface area contributed by atoms with Crippen molar-refractivity contribution in [2.75, 3.05) is 13.6 Å². The van der Waals surface area contributed by atoms with Crippen molar-refractivity contribution in [3.63, 3.8) is 0 Å². The monoisotopic (exact) mass is 278 g/mol. The molecule has 2 saturated carbocycles. The Kier molecular flexibility index (Phi) is 3.83. The molecule has 20 heavy (non-hydrogen) atoms. The number of hydrogen-bond acceptors (Lipinski definition) is 2. The van der Waals surface area contributed by atoms with Crippen LogP contribution < -0.4 is 5.32 Å². The lowest BCUT2D eigenvalue weighted by Gasteiger charge is -2.37. The van der Waals surface area contributed by atoms with Crippen LogP contribution in [0.15, 0.2) is 0 Å². The molecule has 0 spiro atoms. The van der Waals surface area contributed by atoms with Gasteiger partial charge >= 0.3 is 0 Å². The Labute approximate surface area is 123 Å². The number of likely N-dealkylation sites (N-methyl/N-ethyl adjacent to an activating group) is 1. The molecule has 1 heterocycles. The first-order valence-corrected chi connectivity index (χ1v) is 8.48. The molecule has 3 heteroatoms. The molecule has 3 rings (SSSR count). The molecule has 0 aromatic carbocycles. The largest absolute Gasteiger partial charge is 0.338 e. The minimum atomic E-state index is 0.0391. The van der Waals surface area contributed by atoms with Gasteiger partial charge in [0, 0.05) is 12.6 Å². The molecular weight excluding hydrogens is 248 g/mol. The van der Waals surface area contributed by atoms with Gasteiger partial charge in [-0.15, -0.1) is 0 Å². The molecule has 1 N–H and O–H groups in total. The Bertz CT molecular complexity index is 379. The summed E-state index contributed by atoms with van der Waals surface area (Å²) in [7, 11) is 1.94. The Hall–Kier alpha value is -0.570. The van der Waals surface area contributed by atoms with E-state index in [1.54, 1.807) is 0 Å². The molecule has 2 aliphatic carbocycles. The van der Waals surface area contributed by atoms with Crippen LogP contribution >= 0.6 is 0 Å². The zero-order valence-corrected chi connectivity index (χ0v) is 13.3. The number of fused-ring (bicyclic) bond motifs is 2. The van der Waals surface area contributed by atoms with Crippen molar-refractivity contribution >= 4 is 5.91 Å². The number of nitrogens with one attached hydrogen (secondary N) is 1. The molecule has 0 radical (unpaired) electrons. The highest BCUT2D eigenvalue weighted by atomic mass is 16.2. The van der Waals surface area contributed by atoms with Gasteiger partial charge in [-0.05, 0) is 56.4 Å². The van der Waals surface area contributed by atoms with Crippen molar-refractivity contribution in [1.82, 2.24) is 10.2 Å². The third-order valence-corrected chi connectivity index (χ3v) is 5.98. The van der Waals surface area contributed by atoms with Crippen LogP contribution in [0, 0.1) is 17.3 Å². The van der Waals surface area contributed by atoms with Gasteiger partial charge in [0.2, 0.25) is 5.91 Å². The molecular formula is C17H30N2O. The number of amides is 1. The molecule has 3 nitrogen and oxygen atoms in total. The number of hydrogen-bond donors (Lipinski definition) is 1. The van der Waals surface area contributed by atoms with Gasteiger partial charge in [0.25, 0.3) is 0 Å². The van der Waals surface area contributed by atoms with E-state index in [1.165, 1.54) is 32.1 Å². The minimum Gasteiger partial charge on any atom is -0.338 e. The molecule has 1 amide bonds. The van der Waals surface area contributed by atoms with Gasteiger partial charge in [-0.2, -0.15) is 0 Å². The maximum absolute atomic E-state index is 12.9. The summed E-state index contributed by atoms with van der Waals surface area (Å²) in [6.07, 6.45) is 8.89. The van der Waals surface area contributed by atoms with Gasteiger partial charge in [0.1, 0.15) is 0 Å². The Morgan fingerprint density at radius 1 is 1.20 bits per heavy atom. The fraction of sp³-hybridized carbons (Fsp3) is 0.941. The average Bonchev–Trinajstić information content (AvgIpc) is 2.64. The topological polar surface area (TPSA) is 32.3 Å². The van der Waals surface area contributed by atoms with E-state index in [2.05, 4.69) is 24.1 Å². The number of carbonyl (C=O) groups excluding carboxylic acids is 1. The highest BCUT2D eigenvalue weighted by Gasteiger charge is 2.45. The fourth-order valence-electron chi connectivity index (χ4n) is 4.84. The van der Waals surface area contributed by atoms with E-state index in [0.717, 1.165) is 31.2 Å². The predicted octanol–water partition coefficient (Wildman–Crippen LogP) is 2.80. The van der Waals surface area contributed by atoms with Gasteiger partial charge in [-0.3, -0.25) is 4.79 Å². The van der Waals surface area contributed by atoms with E-state index >= 15 is 0 Å². The van der Waals surface area contributed by atoms with Crippen LogP contribution in [0.2, 0.25) is 0 Å². The molecule has 4 unspecified atom stereocenters. The van der Waals surface area contributed by atoms with Crippen molar-refractivity contribution < 1.29 is 4.79 Å². The standard InChI is InChI=1S/C17H30N2O/c1-17(2)8-7-14(18-3)16(20)19(11-17)15-10-12-5-4-6-13(15)9-12/h12-15,18H,4-11H2,1-3H3. The molecule has 0 aromatic rings. The van der Waals surface area contributed by atoms with Gasteiger partial charge in [0.15, 0.2) is 0 Å². The maximum Gasteiger partial charge on any atom is 0.239 e. The van der Waals surface area contributed by atoms with Crippen molar-refractivity contribution in [3.8, 4) is 0 Å². The van der Waals surface area contributed by atoms with E-state index in [4.69, 9.17) is 0 Å². The van der Waals surface area contributed by atoms with E-state index < -0.39 is 0 Å². The fourth-order valence-corrected chi connectivity index (χ4v) is 4.84. The van der Waals surface area contributed by atoms with E-state index in [1.807, 2.05) is 7.05 Å². The van der Waals surface area contributed by atoms with Crippen molar-refractivity contribution in [3.05, 3.63) is 0 Å². The lowest BCUT2D eigenvalue weighted by molar-refractivity contribution is -0.136. The van der Waals surface area contributed by atoms with Gasteiger partial charge in [-0.1, -0.05) is 26.7 Å². The SMILES string of the molecule is CNC1CCC(C)(C)CN(C2CC3CCCC2C3)C1=O. The Morgan fingerprint density at radius 2 is 2.00 bits per heavy atom. The molecule has 3 aliphatic rings. The number of nitrogens with zero attached hydrogens (tertiary/aromatic N) is 1. The predicted molar refractivity (Wildman–Crippen MR) is 81.4 cm³/mol. The summed E-state index contributed by atoms with van der Waals surface area (Å²) in [5.41, 5.74) is 0.262. The second-order valence-corrected chi connectivity index (χ2v) is 8.11. The van der Waals surface area contributed by atoms with Gasteiger partial charge in [0.05, 0.1) is 6.04 Å². The lowest BCUT2D eigenvalue weighted by Crippen LogP contribution is -2.51. The molecule has 0 aromatic heterocycles. The highest BCUT2D eigenvalue weighted by Crippen LogP contribution is 2.45.